The molecular formula is C21H26N6O. The van der Waals surface area contributed by atoms with Crippen LogP contribution in [0.3, 0.4) is 0 Å². The van der Waals surface area contributed by atoms with Crippen molar-refractivity contribution >= 4 is 22.9 Å². The molecule has 3 aromatic rings. The van der Waals surface area contributed by atoms with E-state index in [1.807, 2.05) is 13.0 Å². The summed E-state index contributed by atoms with van der Waals surface area (Å²) in [6.07, 6.45) is 6.04. The number of nitrogen functional groups attached to an aromatic ring is 1. The highest BCUT2D eigenvalue weighted by molar-refractivity contribution is 5.85. The van der Waals surface area contributed by atoms with Crippen molar-refractivity contribution in [3.8, 4) is 0 Å². The van der Waals surface area contributed by atoms with E-state index in [-0.39, 0.29) is 17.4 Å². The van der Waals surface area contributed by atoms with Crippen LogP contribution in [0.2, 0.25) is 0 Å². The van der Waals surface area contributed by atoms with Crippen molar-refractivity contribution in [1.82, 2.24) is 24.8 Å². The van der Waals surface area contributed by atoms with Gasteiger partial charge in [0.25, 0.3) is 0 Å². The predicted molar refractivity (Wildman–Crippen MR) is 108 cm³/mol. The lowest BCUT2D eigenvalue weighted by Crippen LogP contribution is -2.35. The minimum Gasteiger partial charge on any atom is -0.382 e. The van der Waals surface area contributed by atoms with Crippen LogP contribution in [0, 0.1) is 5.41 Å². The molecule has 3 N–H and O–H groups in total. The molecule has 2 atom stereocenters. The molecule has 1 amide bonds. The van der Waals surface area contributed by atoms with Crippen LogP contribution in [-0.2, 0) is 11.2 Å². The molecule has 0 fully saturated rings. The second-order valence-electron chi connectivity index (χ2n) is 8.39. The molecule has 2 aromatic heterocycles. The van der Waals surface area contributed by atoms with E-state index in [1.165, 1.54) is 17.5 Å². The van der Waals surface area contributed by atoms with Crippen molar-refractivity contribution in [2.24, 2.45) is 5.41 Å². The second-order valence-corrected chi connectivity index (χ2v) is 8.39. The molecule has 2 unspecified atom stereocenters. The number of aromatic nitrogens is 4. The van der Waals surface area contributed by atoms with Crippen molar-refractivity contribution in [3.63, 3.8) is 0 Å². The van der Waals surface area contributed by atoms with E-state index in [1.54, 1.807) is 10.9 Å². The van der Waals surface area contributed by atoms with E-state index in [0.29, 0.717) is 17.0 Å². The van der Waals surface area contributed by atoms with Crippen LogP contribution in [-0.4, -0.2) is 25.4 Å². The summed E-state index contributed by atoms with van der Waals surface area (Å²) in [6, 6.07) is 7.94. The molecule has 0 spiro atoms. The van der Waals surface area contributed by atoms with Crippen LogP contribution >= 0.6 is 0 Å². The fourth-order valence-corrected chi connectivity index (χ4v) is 4.04. The van der Waals surface area contributed by atoms with Gasteiger partial charge < -0.3 is 15.6 Å². The molecule has 0 bridgehead atoms. The maximum absolute atomic E-state index is 13.1. The lowest BCUT2D eigenvalue weighted by Gasteiger charge is -2.28. The largest absolute Gasteiger partial charge is 0.382 e. The van der Waals surface area contributed by atoms with E-state index in [0.717, 1.165) is 19.3 Å². The maximum Gasteiger partial charge on any atom is 0.243 e. The zero-order chi connectivity index (χ0) is 19.9. The Morgan fingerprint density at radius 3 is 2.89 bits per heavy atom. The first-order valence-electron chi connectivity index (χ1n) is 9.67. The molecule has 1 aliphatic carbocycles. The Hall–Kier alpha value is -2.96. The number of fused-ring (bicyclic) bond motifs is 2. The van der Waals surface area contributed by atoms with E-state index in [9.17, 15) is 4.79 Å². The summed E-state index contributed by atoms with van der Waals surface area (Å²) in [5.74, 6) is 0.254. The zero-order valence-corrected chi connectivity index (χ0v) is 16.5. The van der Waals surface area contributed by atoms with E-state index < -0.39 is 6.04 Å². The molecule has 28 heavy (non-hydrogen) atoms. The summed E-state index contributed by atoms with van der Waals surface area (Å²) in [7, 11) is 0. The topological polar surface area (TPSA) is 98.7 Å². The first-order valence-corrected chi connectivity index (χ1v) is 9.67. The average molecular weight is 378 g/mol. The second kappa shape index (κ2) is 6.89. The molecule has 7 nitrogen and oxygen atoms in total. The number of anilines is 1. The first-order chi connectivity index (χ1) is 13.4. The Morgan fingerprint density at radius 2 is 2.07 bits per heavy atom. The third-order valence-electron chi connectivity index (χ3n) is 5.76. The van der Waals surface area contributed by atoms with Crippen LogP contribution in [0.5, 0.6) is 0 Å². The summed E-state index contributed by atoms with van der Waals surface area (Å²) in [5, 5.41) is 3.28. The number of carbonyl (C=O) groups excluding carboxylic acids is 1. The van der Waals surface area contributed by atoms with E-state index in [4.69, 9.17) is 5.73 Å². The first kappa shape index (κ1) is 18.4. The third kappa shape index (κ3) is 3.32. The van der Waals surface area contributed by atoms with Gasteiger partial charge >= 0.3 is 0 Å². The molecule has 0 radical (unpaired) electrons. The van der Waals surface area contributed by atoms with Gasteiger partial charge in [0.15, 0.2) is 11.5 Å². The van der Waals surface area contributed by atoms with Gasteiger partial charge in [0.05, 0.1) is 12.4 Å². The van der Waals surface area contributed by atoms with Gasteiger partial charge in [0.2, 0.25) is 5.91 Å². The van der Waals surface area contributed by atoms with Gasteiger partial charge in [-0.2, -0.15) is 0 Å². The number of aryl methyl sites for hydroxylation is 1. The Bertz CT molecular complexity index is 1020. The monoisotopic (exact) mass is 378 g/mol. The summed E-state index contributed by atoms with van der Waals surface area (Å²) in [4.78, 5) is 25.6. The van der Waals surface area contributed by atoms with Crippen LogP contribution < -0.4 is 11.1 Å². The summed E-state index contributed by atoms with van der Waals surface area (Å²) >= 11 is 0. The van der Waals surface area contributed by atoms with Crippen LogP contribution in [0.4, 0.5) is 5.82 Å². The smallest absolute Gasteiger partial charge is 0.243 e. The molecule has 0 saturated heterocycles. The van der Waals surface area contributed by atoms with Crippen LogP contribution in [0.15, 0.2) is 36.9 Å². The lowest BCUT2D eigenvalue weighted by molar-refractivity contribution is -0.124. The van der Waals surface area contributed by atoms with Crippen molar-refractivity contribution in [2.75, 3.05) is 5.73 Å². The van der Waals surface area contributed by atoms with Gasteiger partial charge in [-0.1, -0.05) is 38.1 Å². The van der Waals surface area contributed by atoms with E-state index in [2.05, 4.69) is 52.3 Å². The van der Waals surface area contributed by atoms with Gasteiger partial charge in [-0.15, -0.1) is 0 Å². The van der Waals surface area contributed by atoms with Crippen LogP contribution in [0.1, 0.15) is 56.8 Å². The Kier molecular flexibility index (Phi) is 4.53. The fraction of sp³-hybridized carbons (Fsp3) is 0.429. The Balaban J connectivity index is 1.62. The number of imidazole rings is 1. The van der Waals surface area contributed by atoms with Gasteiger partial charge in [-0.3, -0.25) is 4.79 Å². The quantitative estimate of drug-likeness (QED) is 0.682. The molecular weight excluding hydrogens is 352 g/mol. The van der Waals surface area contributed by atoms with Crippen molar-refractivity contribution in [2.45, 2.75) is 52.1 Å². The minimum atomic E-state index is -0.460. The molecule has 2 heterocycles. The van der Waals surface area contributed by atoms with Gasteiger partial charge in [0, 0.05) is 0 Å². The number of nitrogens with two attached hydrogens (primary N) is 1. The maximum atomic E-state index is 13.1. The SMILES string of the molecule is CC(C(=O)NC1CC(C)(C)CCc2ccccc21)n1cnc2c(N)ncnc21. The minimum absolute atomic E-state index is 0.0156. The molecule has 4 rings (SSSR count). The highest BCUT2D eigenvalue weighted by Crippen LogP contribution is 2.39. The van der Waals surface area contributed by atoms with Crippen molar-refractivity contribution < 1.29 is 4.79 Å². The summed E-state index contributed by atoms with van der Waals surface area (Å²) in [6.45, 7) is 6.39. The van der Waals surface area contributed by atoms with Crippen molar-refractivity contribution in [1.29, 1.82) is 0 Å². The van der Waals surface area contributed by atoms with Crippen molar-refractivity contribution in [3.05, 3.63) is 48.0 Å². The van der Waals surface area contributed by atoms with E-state index >= 15 is 0 Å². The van der Waals surface area contributed by atoms with Gasteiger partial charge in [-0.25, -0.2) is 15.0 Å². The molecule has 1 aliphatic rings. The Morgan fingerprint density at radius 1 is 1.29 bits per heavy atom. The standard InChI is InChI=1S/C21H26N6O/c1-13(27-12-25-17-18(22)23-11-24-19(17)27)20(28)26-16-10-21(2,3)9-8-14-6-4-5-7-15(14)16/h4-7,11-13,16H,8-10H2,1-3H3,(H,26,28)(H2,22,23,24). The number of rotatable bonds is 3. The number of benzene rings is 1. The summed E-state index contributed by atoms with van der Waals surface area (Å²) in [5.41, 5.74) is 9.64. The molecule has 7 heteroatoms. The highest BCUT2D eigenvalue weighted by atomic mass is 16.2. The molecule has 1 aromatic carbocycles. The van der Waals surface area contributed by atoms with Crippen LogP contribution in [0.25, 0.3) is 11.2 Å². The normalized spacial score (nSPS) is 19.6. The zero-order valence-electron chi connectivity index (χ0n) is 16.5. The highest BCUT2D eigenvalue weighted by Gasteiger charge is 2.31. The number of carbonyl (C=O) groups is 1. The van der Waals surface area contributed by atoms with Gasteiger partial charge in [0.1, 0.15) is 17.9 Å². The lowest BCUT2D eigenvalue weighted by atomic mass is 9.83. The third-order valence-corrected chi connectivity index (χ3v) is 5.76. The Labute approximate surface area is 164 Å². The fourth-order valence-electron chi connectivity index (χ4n) is 4.04. The predicted octanol–water partition coefficient (Wildman–Crippen LogP) is 3.19. The number of nitrogens with zero attached hydrogens (tertiary/aromatic N) is 4. The molecule has 146 valence electrons. The number of hydrogen-bond donors (Lipinski definition) is 2. The molecule has 0 aliphatic heterocycles. The molecule has 0 saturated carbocycles. The average Bonchev–Trinajstić information content (AvgIpc) is 3.05. The number of amides is 1. The van der Waals surface area contributed by atoms with Gasteiger partial charge in [-0.05, 0) is 42.7 Å². The summed E-state index contributed by atoms with van der Waals surface area (Å²) < 4.78 is 1.75. The number of nitrogens with one attached hydrogen (secondary N) is 1. The number of hydrogen-bond acceptors (Lipinski definition) is 5.